The summed E-state index contributed by atoms with van der Waals surface area (Å²) < 4.78 is 27.3. The molecule has 0 spiro atoms. The Hall–Kier alpha value is -3.01. The largest absolute Gasteiger partial charge is 0.333 e. The van der Waals surface area contributed by atoms with E-state index in [9.17, 15) is 13.6 Å². The predicted molar refractivity (Wildman–Crippen MR) is 130 cm³/mol. The molecule has 0 aliphatic carbocycles. The average Bonchev–Trinajstić information content (AvgIpc) is 3.30. The van der Waals surface area contributed by atoms with Gasteiger partial charge in [0.1, 0.15) is 11.6 Å². The molecular weight excluding hydrogens is 497 g/mol. The first-order valence-corrected chi connectivity index (χ1v) is 11.9. The van der Waals surface area contributed by atoms with Gasteiger partial charge in [0.2, 0.25) is 5.95 Å². The van der Waals surface area contributed by atoms with Gasteiger partial charge in [0.25, 0.3) is 0 Å². The van der Waals surface area contributed by atoms with E-state index in [0.717, 1.165) is 16.8 Å². The van der Waals surface area contributed by atoms with Crippen LogP contribution in [0.25, 0.3) is 0 Å². The molecule has 0 radical (unpaired) electrons. The topological polar surface area (TPSA) is 82.2 Å². The first-order chi connectivity index (χ1) is 16.9. The van der Waals surface area contributed by atoms with Crippen LogP contribution in [0.4, 0.5) is 25.2 Å². The maximum absolute atomic E-state index is 14.0. The molecule has 0 bridgehead atoms. The first kappa shape index (κ1) is 23.7. The number of hydrogen-bond donors (Lipinski definition) is 3. The number of urea groups is 1. The molecule has 11 heteroatoms. The van der Waals surface area contributed by atoms with E-state index in [0.29, 0.717) is 44.2 Å². The highest BCUT2D eigenvalue weighted by Gasteiger charge is 2.32. The number of carbonyl (C=O) groups is 1. The molecule has 2 atom stereocenters. The molecule has 5 rings (SSSR count). The zero-order valence-corrected chi connectivity index (χ0v) is 20.0. The smallest absolute Gasteiger partial charge is 0.318 e. The minimum Gasteiger partial charge on any atom is -0.333 e. The summed E-state index contributed by atoms with van der Waals surface area (Å²) in [6.45, 7) is 2.05. The summed E-state index contributed by atoms with van der Waals surface area (Å²) in [5.74, 6) is -0.667. The molecule has 0 saturated carbocycles. The molecule has 35 heavy (non-hydrogen) atoms. The van der Waals surface area contributed by atoms with Crippen molar-refractivity contribution >= 4 is 40.9 Å². The average molecular weight is 519 g/mol. The third-order valence-electron chi connectivity index (χ3n) is 6.31. The molecule has 2 amide bonds. The Morgan fingerprint density at radius 2 is 1.97 bits per heavy atom. The third kappa shape index (κ3) is 5.17. The number of nitrogens with one attached hydrogen (secondary N) is 3. The Bertz CT molecular complexity index is 1280. The molecule has 1 aromatic heterocycles. The second-order valence-corrected chi connectivity index (χ2v) is 9.39. The zero-order chi connectivity index (χ0) is 24.5. The van der Waals surface area contributed by atoms with Crippen molar-refractivity contribution in [3.63, 3.8) is 0 Å². The fraction of sp³-hybridized carbons (Fsp3) is 0.292. The molecule has 1 fully saturated rings. The molecule has 3 aromatic rings. The van der Waals surface area contributed by atoms with Crippen LogP contribution in [0.1, 0.15) is 22.7 Å². The third-order valence-corrected chi connectivity index (χ3v) is 6.92. The van der Waals surface area contributed by atoms with E-state index in [1.54, 1.807) is 17.2 Å². The van der Waals surface area contributed by atoms with Crippen LogP contribution in [-0.2, 0) is 13.0 Å². The van der Waals surface area contributed by atoms with Gasteiger partial charge in [-0.1, -0.05) is 29.3 Å². The molecular formula is C24H22Cl2F2N6O. The van der Waals surface area contributed by atoms with Gasteiger partial charge in [-0.05, 0) is 47.9 Å². The number of fused-ring (bicyclic) bond motifs is 1. The lowest BCUT2D eigenvalue weighted by molar-refractivity contribution is 0.187. The van der Waals surface area contributed by atoms with Crippen LogP contribution in [0, 0.1) is 11.6 Å². The van der Waals surface area contributed by atoms with Crippen molar-refractivity contribution < 1.29 is 13.6 Å². The number of benzene rings is 2. The summed E-state index contributed by atoms with van der Waals surface area (Å²) in [6, 6.07) is 8.37. The maximum atomic E-state index is 14.0. The number of rotatable bonds is 4. The van der Waals surface area contributed by atoms with Crippen molar-refractivity contribution in [1.29, 1.82) is 0 Å². The highest BCUT2D eigenvalue weighted by molar-refractivity contribution is 6.33. The van der Waals surface area contributed by atoms with Gasteiger partial charge in [-0.25, -0.2) is 23.5 Å². The molecule has 2 aliphatic rings. The van der Waals surface area contributed by atoms with Gasteiger partial charge >= 0.3 is 6.03 Å². The minimum atomic E-state index is -0.472. The van der Waals surface area contributed by atoms with Gasteiger partial charge < -0.3 is 20.9 Å². The number of amides is 2. The van der Waals surface area contributed by atoms with Gasteiger partial charge in [-0.2, -0.15) is 0 Å². The quantitative estimate of drug-likeness (QED) is 0.469. The van der Waals surface area contributed by atoms with E-state index >= 15 is 0 Å². The van der Waals surface area contributed by atoms with E-state index in [4.69, 9.17) is 23.2 Å². The Morgan fingerprint density at radius 1 is 1.11 bits per heavy atom. The van der Waals surface area contributed by atoms with Crippen molar-refractivity contribution in [2.75, 3.05) is 25.0 Å². The van der Waals surface area contributed by atoms with Crippen molar-refractivity contribution in [2.45, 2.75) is 24.9 Å². The zero-order valence-electron chi connectivity index (χ0n) is 18.5. The molecule has 182 valence electrons. The summed E-state index contributed by atoms with van der Waals surface area (Å²) in [6.07, 6.45) is 2.35. The Labute approximate surface area is 210 Å². The van der Waals surface area contributed by atoms with Crippen LogP contribution >= 0.6 is 23.2 Å². The van der Waals surface area contributed by atoms with Crippen LogP contribution in [0.2, 0.25) is 10.0 Å². The number of halogens is 4. The molecule has 7 nitrogen and oxygen atoms in total. The van der Waals surface area contributed by atoms with Gasteiger partial charge in [-0.15, -0.1) is 0 Å². The molecule has 2 aromatic carbocycles. The molecule has 0 unspecified atom stereocenters. The van der Waals surface area contributed by atoms with Gasteiger partial charge in [0.15, 0.2) is 0 Å². The van der Waals surface area contributed by atoms with Crippen molar-refractivity contribution in [1.82, 2.24) is 25.5 Å². The van der Waals surface area contributed by atoms with Crippen LogP contribution < -0.4 is 16.0 Å². The van der Waals surface area contributed by atoms with Crippen LogP contribution in [0.15, 0.2) is 42.6 Å². The normalized spacial score (nSPS) is 19.4. The summed E-state index contributed by atoms with van der Waals surface area (Å²) in [4.78, 5) is 23.7. The van der Waals surface area contributed by atoms with Crippen LogP contribution in [-0.4, -0.2) is 46.6 Å². The van der Waals surface area contributed by atoms with Crippen LogP contribution in [0.5, 0.6) is 0 Å². The standard InChI is InChI=1S/C24H22Cl2F2N6O/c25-17-3-1-13(7-19(17)28)16-10-29-11-21(16)33-24(35)34-6-5-14-9-30-23(32-22(14)12-34)31-20-4-2-15(27)8-18(20)26/h1-4,7-9,16,21,29H,5-6,10-12H2,(H,33,35)(H,30,31,32)/t16-,21+/m0/s1. The number of nitrogens with zero attached hydrogens (tertiary/aromatic N) is 3. The minimum absolute atomic E-state index is 0.0682. The lowest BCUT2D eigenvalue weighted by atomic mass is 9.94. The second kappa shape index (κ2) is 9.93. The van der Waals surface area contributed by atoms with Crippen LogP contribution in [0.3, 0.4) is 0 Å². The summed E-state index contributed by atoms with van der Waals surface area (Å²) in [5.41, 5.74) is 2.95. The second-order valence-electron chi connectivity index (χ2n) is 8.58. The Morgan fingerprint density at radius 3 is 2.77 bits per heavy atom. The van der Waals surface area contributed by atoms with E-state index in [-0.39, 0.29) is 28.0 Å². The Balaban J connectivity index is 1.26. The molecule has 3 N–H and O–H groups in total. The maximum Gasteiger partial charge on any atom is 0.318 e. The van der Waals surface area contributed by atoms with Gasteiger partial charge in [0, 0.05) is 31.7 Å². The van der Waals surface area contributed by atoms with E-state index < -0.39 is 11.6 Å². The number of hydrogen-bond acceptors (Lipinski definition) is 5. The van der Waals surface area contributed by atoms with Gasteiger partial charge in [0.05, 0.1) is 34.0 Å². The monoisotopic (exact) mass is 518 g/mol. The summed E-state index contributed by atoms with van der Waals surface area (Å²) in [7, 11) is 0. The fourth-order valence-corrected chi connectivity index (χ4v) is 4.75. The lowest BCUT2D eigenvalue weighted by Crippen LogP contribution is -2.48. The van der Waals surface area contributed by atoms with E-state index in [2.05, 4.69) is 25.9 Å². The number of aromatic nitrogens is 2. The fourth-order valence-electron chi connectivity index (χ4n) is 4.42. The first-order valence-electron chi connectivity index (χ1n) is 11.2. The highest BCUT2D eigenvalue weighted by atomic mass is 35.5. The summed E-state index contributed by atoms with van der Waals surface area (Å²) >= 11 is 11.9. The molecule has 3 heterocycles. The lowest BCUT2D eigenvalue weighted by Gasteiger charge is -2.30. The number of anilines is 2. The van der Waals surface area contributed by atoms with E-state index in [1.165, 1.54) is 30.3 Å². The SMILES string of the molecule is O=C(N[C@@H]1CNC[C@H]1c1ccc(Cl)c(F)c1)N1CCc2cnc(Nc3ccc(F)cc3Cl)nc2C1. The van der Waals surface area contributed by atoms with Crippen molar-refractivity contribution in [3.05, 3.63) is 81.1 Å². The predicted octanol–water partition coefficient (Wildman–Crippen LogP) is 4.63. The highest BCUT2D eigenvalue weighted by Crippen LogP contribution is 2.28. The van der Waals surface area contributed by atoms with E-state index in [1.807, 2.05) is 0 Å². The molecule has 2 aliphatic heterocycles. The summed E-state index contributed by atoms with van der Waals surface area (Å²) in [5, 5.41) is 9.64. The Kier molecular flexibility index (Phi) is 6.73. The van der Waals surface area contributed by atoms with Crippen molar-refractivity contribution in [3.8, 4) is 0 Å². The number of carbonyl (C=O) groups excluding carboxylic acids is 1. The van der Waals surface area contributed by atoms with Gasteiger partial charge in [-0.3, -0.25) is 0 Å². The molecule has 1 saturated heterocycles. The van der Waals surface area contributed by atoms with Crippen molar-refractivity contribution in [2.24, 2.45) is 0 Å².